The van der Waals surface area contributed by atoms with E-state index in [0.717, 1.165) is 17.2 Å². The van der Waals surface area contributed by atoms with Crippen molar-refractivity contribution in [2.75, 3.05) is 19.7 Å². The van der Waals surface area contributed by atoms with Gasteiger partial charge in [-0.25, -0.2) is 0 Å². The third-order valence-electron chi connectivity index (χ3n) is 4.36. The van der Waals surface area contributed by atoms with E-state index in [1.165, 1.54) is 0 Å². The summed E-state index contributed by atoms with van der Waals surface area (Å²) >= 11 is 0. The molecule has 0 spiro atoms. The maximum atomic E-state index is 12.3. The molecule has 4 rings (SSSR count). The van der Waals surface area contributed by atoms with Crippen LogP contribution >= 0.6 is 0 Å². The molecule has 1 aliphatic heterocycles. The van der Waals surface area contributed by atoms with Gasteiger partial charge in [0.25, 0.3) is 5.91 Å². The Kier molecular flexibility index (Phi) is 3.86. The highest BCUT2D eigenvalue weighted by Gasteiger charge is 2.28. The van der Waals surface area contributed by atoms with Crippen molar-refractivity contribution in [1.82, 2.24) is 19.9 Å². The van der Waals surface area contributed by atoms with E-state index in [-0.39, 0.29) is 18.6 Å². The lowest BCUT2D eigenvalue weighted by molar-refractivity contribution is -0.132. The first-order valence-corrected chi connectivity index (χ1v) is 8.05. The predicted octanol–water partition coefficient (Wildman–Crippen LogP) is 2.28. The van der Waals surface area contributed by atoms with E-state index in [2.05, 4.69) is 16.3 Å². The van der Waals surface area contributed by atoms with Crippen molar-refractivity contribution in [3.63, 3.8) is 0 Å². The maximum absolute atomic E-state index is 12.3. The molecule has 0 bridgehead atoms. The van der Waals surface area contributed by atoms with Crippen molar-refractivity contribution in [2.24, 2.45) is 0 Å². The Morgan fingerprint density at radius 2 is 1.92 bits per heavy atom. The standard InChI is InChI=1S/C18H18N4O2/c23-18(21-10-7-16(12-21)22-19-8-9-20-22)13-24-17-6-5-14-3-1-2-4-15(14)11-17/h1-6,8-9,11,16H,7,10,12-13H2. The first kappa shape index (κ1) is 14.7. The summed E-state index contributed by atoms with van der Waals surface area (Å²) in [6.07, 6.45) is 4.19. The molecular weight excluding hydrogens is 304 g/mol. The van der Waals surface area contributed by atoms with E-state index in [9.17, 15) is 4.79 Å². The van der Waals surface area contributed by atoms with Gasteiger partial charge in [0.1, 0.15) is 5.75 Å². The Hall–Kier alpha value is -2.89. The summed E-state index contributed by atoms with van der Waals surface area (Å²) in [7, 11) is 0. The molecule has 0 saturated carbocycles. The summed E-state index contributed by atoms with van der Waals surface area (Å²) < 4.78 is 5.68. The van der Waals surface area contributed by atoms with Crippen molar-refractivity contribution < 1.29 is 9.53 Å². The van der Waals surface area contributed by atoms with Gasteiger partial charge in [-0.3, -0.25) is 4.79 Å². The zero-order valence-electron chi connectivity index (χ0n) is 13.2. The smallest absolute Gasteiger partial charge is 0.260 e. The monoisotopic (exact) mass is 322 g/mol. The topological polar surface area (TPSA) is 60.2 Å². The number of aromatic nitrogens is 3. The summed E-state index contributed by atoms with van der Waals surface area (Å²) in [6, 6.07) is 14.1. The van der Waals surface area contributed by atoms with Crippen LogP contribution in [0.2, 0.25) is 0 Å². The number of hydrogen-bond acceptors (Lipinski definition) is 4. The van der Waals surface area contributed by atoms with E-state index in [4.69, 9.17) is 4.74 Å². The highest BCUT2D eigenvalue weighted by molar-refractivity contribution is 5.84. The van der Waals surface area contributed by atoms with E-state index < -0.39 is 0 Å². The van der Waals surface area contributed by atoms with Gasteiger partial charge in [0, 0.05) is 13.1 Å². The van der Waals surface area contributed by atoms with Crippen molar-refractivity contribution in [1.29, 1.82) is 0 Å². The van der Waals surface area contributed by atoms with Crippen molar-refractivity contribution in [3.05, 3.63) is 54.9 Å². The second kappa shape index (κ2) is 6.31. The lowest BCUT2D eigenvalue weighted by Gasteiger charge is -2.16. The molecular formula is C18H18N4O2. The number of ether oxygens (including phenoxy) is 1. The summed E-state index contributed by atoms with van der Waals surface area (Å²) in [4.78, 5) is 15.8. The number of benzene rings is 2. The molecule has 2 heterocycles. The summed E-state index contributed by atoms with van der Waals surface area (Å²) in [5.41, 5.74) is 0. The molecule has 0 radical (unpaired) electrons. The summed E-state index contributed by atoms with van der Waals surface area (Å²) in [5, 5.41) is 10.6. The molecule has 0 N–H and O–H groups in total. The molecule has 3 aromatic rings. The first-order valence-electron chi connectivity index (χ1n) is 8.05. The Morgan fingerprint density at radius 3 is 2.75 bits per heavy atom. The van der Waals surface area contributed by atoms with Gasteiger partial charge < -0.3 is 9.64 Å². The number of carbonyl (C=O) groups is 1. The molecule has 1 amide bonds. The van der Waals surface area contributed by atoms with Gasteiger partial charge in [-0.05, 0) is 29.3 Å². The van der Waals surface area contributed by atoms with Gasteiger partial charge in [0.15, 0.2) is 6.61 Å². The Balaban J connectivity index is 1.36. The minimum atomic E-state index is -0.00202. The average molecular weight is 322 g/mol. The van der Waals surface area contributed by atoms with Gasteiger partial charge in [0.05, 0.1) is 18.4 Å². The van der Waals surface area contributed by atoms with Crippen LogP contribution in [0.25, 0.3) is 10.8 Å². The second-order valence-corrected chi connectivity index (χ2v) is 5.93. The highest BCUT2D eigenvalue weighted by Crippen LogP contribution is 2.22. The molecule has 0 aliphatic carbocycles. The summed E-state index contributed by atoms with van der Waals surface area (Å²) in [5.74, 6) is 0.712. The number of likely N-dealkylation sites (tertiary alicyclic amines) is 1. The second-order valence-electron chi connectivity index (χ2n) is 5.93. The van der Waals surface area contributed by atoms with Crippen LogP contribution in [0.15, 0.2) is 54.9 Å². The van der Waals surface area contributed by atoms with Crippen LogP contribution in [0.4, 0.5) is 0 Å². The fourth-order valence-electron chi connectivity index (χ4n) is 3.07. The largest absolute Gasteiger partial charge is 0.484 e. The van der Waals surface area contributed by atoms with Gasteiger partial charge in [0.2, 0.25) is 0 Å². The molecule has 1 aliphatic rings. The van der Waals surface area contributed by atoms with Gasteiger partial charge in [-0.2, -0.15) is 15.0 Å². The lowest BCUT2D eigenvalue weighted by Crippen LogP contribution is -2.33. The molecule has 6 nitrogen and oxygen atoms in total. The molecule has 122 valence electrons. The van der Waals surface area contributed by atoms with Crippen LogP contribution in [0.1, 0.15) is 12.5 Å². The van der Waals surface area contributed by atoms with E-state index >= 15 is 0 Å². The predicted molar refractivity (Wildman–Crippen MR) is 89.7 cm³/mol. The van der Waals surface area contributed by atoms with Crippen molar-refractivity contribution in [3.8, 4) is 5.75 Å². The van der Waals surface area contributed by atoms with E-state index in [1.807, 2.05) is 41.3 Å². The minimum absolute atomic E-state index is 0.00202. The number of hydrogen-bond donors (Lipinski definition) is 0. The zero-order chi connectivity index (χ0) is 16.4. The molecule has 1 fully saturated rings. The highest BCUT2D eigenvalue weighted by atomic mass is 16.5. The van der Waals surface area contributed by atoms with Crippen LogP contribution in [0.3, 0.4) is 0 Å². The third kappa shape index (κ3) is 2.95. The van der Waals surface area contributed by atoms with Crippen LogP contribution in [0, 0.1) is 0 Å². The molecule has 1 unspecified atom stereocenters. The third-order valence-corrected chi connectivity index (χ3v) is 4.36. The molecule has 24 heavy (non-hydrogen) atoms. The minimum Gasteiger partial charge on any atom is -0.484 e. The van der Waals surface area contributed by atoms with Crippen LogP contribution < -0.4 is 4.74 Å². The van der Waals surface area contributed by atoms with E-state index in [0.29, 0.717) is 18.8 Å². The Bertz CT molecular complexity index is 847. The van der Waals surface area contributed by atoms with Crippen LogP contribution in [0.5, 0.6) is 5.75 Å². The Labute approximate surface area is 139 Å². The SMILES string of the molecule is O=C(COc1ccc2ccccc2c1)N1CCC(n2nccn2)C1. The lowest BCUT2D eigenvalue weighted by atomic mass is 10.1. The zero-order valence-corrected chi connectivity index (χ0v) is 13.2. The number of amides is 1. The normalized spacial score (nSPS) is 17.3. The first-order chi connectivity index (χ1) is 11.8. The number of rotatable bonds is 4. The van der Waals surface area contributed by atoms with Crippen LogP contribution in [-0.2, 0) is 4.79 Å². The van der Waals surface area contributed by atoms with Gasteiger partial charge in [-0.15, -0.1) is 0 Å². The van der Waals surface area contributed by atoms with Crippen molar-refractivity contribution in [2.45, 2.75) is 12.5 Å². The molecule has 1 saturated heterocycles. The fourth-order valence-corrected chi connectivity index (χ4v) is 3.07. The van der Waals surface area contributed by atoms with Crippen LogP contribution in [-0.4, -0.2) is 45.5 Å². The van der Waals surface area contributed by atoms with Gasteiger partial charge in [-0.1, -0.05) is 30.3 Å². The molecule has 1 aromatic heterocycles. The molecule has 2 aromatic carbocycles. The Morgan fingerprint density at radius 1 is 1.12 bits per heavy atom. The number of fused-ring (bicyclic) bond motifs is 1. The molecule has 6 heteroatoms. The summed E-state index contributed by atoms with van der Waals surface area (Å²) in [6.45, 7) is 1.40. The van der Waals surface area contributed by atoms with Gasteiger partial charge >= 0.3 is 0 Å². The quantitative estimate of drug-likeness (QED) is 0.739. The van der Waals surface area contributed by atoms with E-state index in [1.54, 1.807) is 17.2 Å². The fraction of sp³-hybridized carbons (Fsp3) is 0.278. The maximum Gasteiger partial charge on any atom is 0.260 e. The number of nitrogens with zero attached hydrogens (tertiary/aromatic N) is 4. The number of carbonyl (C=O) groups excluding carboxylic acids is 1. The van der Waals surface area contributed by atoms with Crippen molar-refractivity contribution >= 4 is 16.7 Å². The molecule has 1 atom stereocenters. The average Bonchev–Trinajstić information content (AvgIpc) is 3.30.